The van der Waals surface area contributed by atoms with Crippen LogP contribution in [0.5, 0.6) is 0 Å². The van der Waals surface area contributed by atoms with E-state index in [4.69, 9.17) is 5.11 Å². The first-order chi connectivity index (χ1) is 7.75. The normalized spacial score (nSPS) is 21.1. The molecule has 1 saturated heterocycles. The van der Waals surface area contributed by atoms with Gasteiger partial charge in [0.1, 0.15) is 6.04 Å². The molecule has 1 rings (SSSR count). The molecule has 0 spiro atoms. The van der Waals surface area contributed by atoms with Crippen LogP contribution in [0.2, 0.25) is 0 Å². The summed E-state index contributed by atoms with van der Waals surface area (Å²) in [7, 11) is 0. The molecule has 1 atom stereocenters. The van der Waals surface area contributed by atoms with E-state index in [-0.39, 0.29) is 0 Å². The van der Waals surface area contributed by atoms with Crippen LogP contribution in [-0.4, -0.2) is 40.3 Å². The molecular weight excluding hydrogens is 222 g/mol. The molecule has 5 nitrogen and oxygen atoms in total. The highest BCUT2D eigenvalue weighted by atomic mass is 16.4. The molecule has 96 valence electrons. The van der Waals surface area contributed by atoms with Crippen LogP contribution in [0.3, 0.4) is 0 Å². The Bertz CT molecular complexity index is 343. The molecule has 1 fully saturated rings. The van der Waals surface area contributed by atoms with Crippen molar-refractivity contribution in [2.75, 3.05) is 6.54 Å². The molecule has 1 heterocycles. The van der Waals surface area contributed by atoms with Crippen LogP contribution in [0.15, 0.2) is 0 Å². The van der Waals surface area contributed by atoms with Crippen molar-refractivity contribution in [3.8, 4) is 0 Å². The second-order valence-electron chi connectivity index (χ2n) is 5.43. The highest BCUT2D eigenvalue weighted by Gasteiger charge is 2.38. The zero-order valence-corrected chi connectivity index (χ0v) is 10.5. The minimum atomic E-state index is -1.03. The zero-order chi connectivity index (χ0) is 13.2. The van der Waals surface area contributed by atoms with Crippen molar-refractivity contribution in [3.05, 3.63) is 0 Å². The maximum Gasteiger partial charge on any atom is 0.326 e. The predicted octanol–water partition coefficient (Wildman–Crippen LogP) is 1.07. The van der Waals surface area contributed by atoms with Crippen LogP contribution in [0.4, 0.5) is 0 Å². The highest BCUT2D eigenvalue weighted by molar-refractivity contribution is 6.38. The summed E-state index contributed by atoms with van der Waals surface area (Å²) in [6.45, 7) is 5.34. The Hall–Kier alpha value is -1.39. The van der Waals surface area contributed by atoms with Crippen molar-refractivity contribution < 1.29 is 19.5 Å². The number of nitrogens with zero attached hydrogens (tertiary/aromatic N) is 1. The summed E-state index contributed by atoms with van der Waals surface area (Å²) in [5, 5.41) is 9.04. The van der Waals surface area contributed by atoms with Crippen molar-refractivity contribution >= 4 is 17.7 Å². The number of hydrogen-bond donors (Lipinski definition) is 1. The molecule has 0 radical (unpaired) electrons. The third-order valence-electron chi connectivity index (χ3n) is 2.92. The van der Waals surface area contributed by atoms with Gasteiger partial charge in [-0.1, -0.05) is 20.8 Å². The Morgan fingerprint density at radius 3 is 2.24 bits per heavy atom. The van der Waals surface area contributed by atoms with Crippen LogP contribution >= 0.6 is 0 Å². The number of Topliss-reactive ketones (excluding diaryl/α,β-unsaturated/α-hetero) is 1. The van der Waals surface area contributed by atoms with Gasteiger partial charge >= 0.3 is 5.97 Å². The van der Waals surface area contributed by atoms with E-state index in [1.807, 2.05) is 0 Å². The average molecular weight is 241 g/mol. The minimum Gasteiger partial charge on any atom is -0.480 e. The lowest BCUT2D eigenvalue weighted by Crippen LogP contribution is -2.52. The number of hydrogen-bond acceptors (Lipinski definition) is 3. The molecule has 0 aromatic heterocycles. The van der Waals surface area contributed by atoms with Gasteiger partial charge in [-0.3, -0.25) is 9.59 Å². The van der Waals surface area contributed by atoms with Crippen LogP contribution < -0.4 is 0 Å². The van der Waals surface area contributed by atoms with Gasteiger partial charge in [0, 0.05) is 12.0 Å². The molecular formula is C12H19NO4. The number of carbonyl (C=O) groups is 3. The Morgan fingerprint density at radius 2 is 1.76 bits per heavy atom. The summed E-state index contributed by atoms with van der Waals surface area (Å²) in [5.41, 5.74) is -0.766. The molecule has 0 aliphatic carbocycles. The van der Waals surface area contributed by atoms with Crippen molar-refractivity contribution in [1.29, 1.82) is 0 Å². The smallest absolute Gasteiger partial charge is 0.326 e. The summed E-state index contributed by atoms with van der Waals surface area (Å²) in [6.07, 6.45) is 1.97. The van der Waals surface area contributed by atoms with Crippen molar-refractivity contribution in [2.24, 2.45) is 5.41 Å². The van der Waals surface area contributed by atoms with E-state index in [9.17, 15) is 14.4 Å². The molecule has 0 aromatic carbocycles. The van der Waals surface area contributed by atoms with Crippen LogP contribution in [0.1, 0.15) is 40.0 Å². The number of likely N-dealkylation sites (tertiary alicyclic amines) is 1. The second kappa shape index (κ2) is 4.85. The first-order valence-corrected chi connectivity index (χ1v) is 5.83. The van der Waals surface area contributed by atoms with Gasteiger partial charge in [0.05, 0.1) is 0 Å². The van der Waals surface area contributed by atoms with Gasteiger partial charge in [-0.25, -0.2) is 4.79 Å². The summed E-state index contributed by atoms with van der Waals surface area (Å²) in [6, 6.07) is -0.845. The van der Waals surface area contributed by atoms with Crippen LogP contribution in [0.25, 0.3) is 0 Å². The number of carbonyl (C=O) groups excluding carboxylic acids is 2. The molecule has 17 heavy (non-hydrogen) atoms. The number of carboxylic acids is 1. The van der Waals surface area contributed by atoms with Gasteiger partial charge in [0.25, 0.3) is 5.91 Å². The van der Waals surface area contributed by atoms with E-state index in [0.717, 1.165) is 12.8 Å². The number of ketones is 1. The van der Waals surface area contributed by atoms with E-state index < -0.39 is 29.1 Å². The van der Waals surface area contributed by atoms with Crippen LogP contribution in [0, 0.1) is 5.41 Å². The fraction of sp³-hybridized carbons (Fsp3) is 0.750. The number of piperidine rings is 1. The highest BCUT2D eigenvalue weighted by Crippen LogP contribution is 2.22. The molecule has 1 N–H and O–H groups in total. The first-order valence-electron chi connectivity index (χ1n) is 5.83. The Labute approximate surface area is 101 Å². The van der Waals surface area contributed by atoms with Crippen molar-refractivity contribution in [2.45, 2.75) is 46.1 Å². The largest absolute Gasteiger partial charge is 0.480 e. The lowest BCUT2D eigenvalue weighted by Gasteiger charge is -2.33. The summed E-state index contributed by atoms with van der Waals surface area (Å²) >= 11 is 0. The summed E-state index contributed by atoms with van der Waals surface area (Å²) in [4.78, 5) is 36.1. The SMILES string of the molecule is CC(C)(C)C(=O)C(=O)N1CCCC[C@H]1C(=O)O. The Balaban J connectivity index is 2.86. The maximum atomic E-state index is 12.0. The monoisotopic (exact) mass is 241 g/mol. The van der Waals surface area contributed by atoms with Gasteiger partial charge in [0.15, 0.2) is 0 Å². The molecule has 0 unspecified atom stereocenters. The number of carboxylic acid groups (broad SMARTS) is 1. The van der Waals surface area contributed by atoms with Gasteiger partial charge in [-0.2, -0.15) is 0 Å². The van der Waals surface area contributed by atoms with Gasteiger partial charge in [-0.05, 0) is 19.3 Å². The lowest BCUT2D eigenvalue weighted by molar-refractivity contribution is -0.157. The first kappa shape index (κ1) is 13.7. The van der Waals surface area contributed by atoms with Crippen molar-refractivity contribution in [3.63, 3.8) is 0 Å². The van der Waals surface area contributed by atoms with Gasteiger partial charge in [-0.15, -0.1) is 0 Å². The third-order valence-corrected chi connectivity index (χ3v) is 2.92. The summed E-state index contributed by atoms with van der Waals surface area (Å²) in [5.74, 6) is -2.21. The molecule has 1 aliphatic rings. The minimum absolute atomic E-state index is 0.359. The third kappa shape index (κ3) is 3.05. The molecule has 5 heteroatoms. The Morgan fingerprint density at radius 1 is 1.18 bits per heavy atom. The fourth-order valence-electron chi connectivity index (χ4n) is 1.88. The number of rotatable bonds is 2. The van der Waals surface area contributed by atoms with Gasteiger partial charge < -0.3 is 10.0 Å². The molecule has 1 amide bonds. The fourth-order valence-corrected chi connectivity index (χ4v) is 1.88. The average Bonchev–Trinajstić information content (AvgIpc) is 2.25. The van der Waals surface area contributed by atoms with E-state index in [2.05, 4.69) is 0 Å². The number of aliphatic carboxylic acids is 1. The molecule has 0 saturated carbocycles. The molecule has 0 bridgehead atoms. The second-order valence-corrected chi connectivity index (χ2v) is 5.43. The maximum absolute atomic E-state index is 12.0. The lowest BCUT2D eigenvalue weighted by atomic mass is 9.89. The number of amides is 1. The Kier molecular flexibility index (Phi) is 3.91. The van der Waals surface area contributed by atoms with E-state index >= 15 is 0 Å². The zero-order valence-electron chi connectivity index (χ0n) is 10.5. The van der Waals surface area contributed by atoms with E-state index in [1.54, 1.807) is 20.8 Å². The topological polar surface area (TPSA) is 74.7 Å². The quantitative estimate of drug-likeness (QED) is 0.734. The molecule has 1 aliphatic heterocycles. The standard InChI is InChI=1S/C12H19NO4/c1-12(2,3)9(14)10(15)13-7-5-4-6-8(13)11(16)17/h8H,4-7H2,1-3H3,(H,16,17)/t8-/m0/s1. The van der Waals surface area contributed by atoms with Crippen LogP contribution in [-0.2, 0) is 14.4 Å². The van der Waals surface area contributed by atoms with Gasteiger partial charge in [0.2, 0.25) is 5.78 Å². The summed E-state index contributed by atoms with van der Waals surface area (Å²) < 4.78 is 0. The van der Waals surface area contributed by atoms with E-state index in [1.165, 1.54) is 4.90 Å². The predicted molar refractivity (Wildman–Crippen MR) is 61.4 cm³/mol. The van der Waals surface area contributed by atoms with Crippen molar-refractivity contribution in [1.82, 2.24) is 4.90 Å². The van der Waals surface area contributed by atoms with E-state index in [0.29, 0.717) is 13.0 Å². The molecule has 0 aromatic rings.